The monoisotopic (exact) mass is 310 g/mol. The Morgan fingerprint density at radius 2 is 1.74 bits per heavy atom. The fourth-order valence-electron chi connectivity index (χ4n) is 4.73. The first-order valence-electron chi connectivity index (χ1n) is 7.38. The summed E-state index contributed by atoms with van der Waals surface area (Å²) >= 11 is 0. The summed E-state index contributed by atoms with van der Waals surface area (Å²) in [4.78, 5) is 4.25. The van der Waals surface area contributed by atoms with Gasteiger partial charge >= 0.3 is 0 Å². The first-order chi connectivity index (χ1) is 11.0. The third kappa shape index (κ3) is 1.18. The van der Waals surface area contributed by atoms with E-state index in [1.807, 2.05) is 37.3 Å². The molecule has 0 saturated heterocycles. The van der Waals surface area contributed by atoms with Crippen LogP contribution in [-0.2, 0) is 14.9 Å². The maximum atomic E-state index is 10.1. The van der Waals surface area contributed by atoms with E-state index in [1.165, 1.54) is 14.2 Å². The number of hydrogen-bond acceptors (Lipinski definition) is 6. The van der Waals surface area contributed by atoms with Crippen molar-refractivity contribution in [3.05, 3.63) is 35.9 Å². The Bertz CT molecular complexity index is 759. The molecule has 3 rings (SSSR count). The van der Waals surface area contributed by atoms with E-state index in [-0.39, 0.29) is 5.84 Å². The number of amidine groups is 1. The highest BCUT2D eigenvalue weighted by Gasteiger charge is 3.00. The normalized spacial score (nSPS) is 36.5. The highest BCUT2D eigenvalue weighted by atomic mass is 16.7. The third-order valence-corrected chi connectivity index (χ3v) is 5.59. The van der Waals surface area contributed by atoms with E-state index < -0.39 is 22.2 Å². The molecule has 6 heteroatoms. The van der Waals surface area contributed by atoms with Crippen molar-refractivity contribution >= 4 is 5.84 Å². The van der Waals surface area contributed by atoms with Gasteiger partial charge in [0.1, 0.15) is 5.84 Å². The van der Waals surface area contributed by atoms with Crippen LogP contribution in [0.4, 0.5) is 0 Å². The van der Waals surface area contributed by atoms with Crippen molar-refractivity contribution in [3.63, 3.8) is 0 Å². The molecule has 0 radical (unpaired) electrons. The molecule has 2 N–H and O–H groups in total. The van der Waals surface area contributed by atoms with Crippen molar-refractivity contribution in [2.24, 2.45) is 21.6 Å². The Labute approximate surface area is 135 Å². The van der Waals surface area contributed by atoms with Gasteiger partial charge in [-0.15, -0.1) is 0 Å². The molecule has 118 valence electrons. The molecule has 6 nitrogen and oxygen atoms in total. The number of benzene rings is 1. The largest absolute Gasteiger partial charge is 0.386 e. The van der Waals surface area contributed by atoms with Gasteiger partial charge in [0.2, 0.25) is 0 Å². The number of methoxy groups -OCH3 is 2. The van der Waals surface area contributed by atoms with Gasteiger partial charge in [0, 0.05) is 14.2 Å². The zero-order valence-corrected chi connectivity index (χ0v) is 13.3. The van der Waals surface area contributed by atoms with Crippen molar-refractivity contribution in [2.45, 2.75) is 24.7 Å². The lowest BCUT2D eigenvalue weighted by molar-refractivity contribution is -0.234. The van der Waals surface area contributed by atoms with Crippen LogP contribution in [0.1, 0.15) is 18.9 Å². The van der Waals surface area contributed by atoms with E-state index in [0.717, 1.165) is 5.56 Å². The van der Waals surface area contributed by atoms with E-state index in [9.17, 15) is 10.5 Å². The summed E-state index contributed by atoms with van der Waals surface area (Å²) in [5, 5.41) is 20.1. The molecular weight excluding hydrogens is 292 g/mol. The van der Waals surface area contributed by atoms with Crippen LogP contribution in [0.3, 0.4) is 0 Å². The molecule has 1 aromatic carbocycles. The molecule has 1 aliphatic heterocycles. The number of ether oxygens (including phenoxy) is 2. The summed E-state index contributed by atoms with van der Waals surface area (Å²) in [6.07, 6.45) is 0.531. The average Bonchev–Trinajstić information content (AvgIpc) is 3.10. The number of nitriles is 2. The lowest BCUT2D eigenvalue weighted by Crippen LogP contribution is -2.45. The Morgan fingerprint density at radius 3 is 2.17 bits per heavy atom. The van der Waals surface area contributed by atoms with Crippen molar-refractivity contribution in [2.75, 3.05) is 14.2 Å². The summed E-state index contributed by atoms with van der Waals surface area (Å²) in [5.74, 6) is -1.50. The van der Waals surface area contributed by atoms with Crippen molar-refractivity contribution in [1.29, 1.82) is 10.5 Å². The molecule has 1 saturated carbocycles. The number of nitrogens with zero attached hydrogens (tertiary/aromatic N) is 3. The average molecular weight is 310 g/mol. The van der Waals surface area contributed by atoms with Gasteiger partial charge in [-0.3, -0.25) is 0 Å². The summed E-state index contributed by atoms with van der Waals surface area (Å²) in [7, 11) is 2.83. The van der Waals surface area contributed by atoms with Crippen LogP contribution >= 0.6 is 0 Å². The fraction of sp³-hybridized carbons (Fsp3) is 0.471. The standard InChI is InChI=1S/C17H18N4O2/c1-4-14(12-8-6-5-7-9-12)15(10-18)13(20)21-17(22-2,23-3)16(14,15)11-19/h5-9H,4H2,1-3H3,(H2,20,21)/t14-,15+,16-/m1/s1. The van der Waals surface area contributed by atoms with Crippen molar-refractivity contribution in [3.8, 4) is 12.1 Å². The number of rotatable bonds is 4. The quantitative estimate of drug-likeness (QED) is 0.852. The van der Waals surface area contributed by atoms with Gasteiger partial charge in [0.05, 0.1) is 17.6 Å². The predicted octanol–water partition coefficient (Wildman–Crippen LogP) is 1.69. The molecule has 1 aromatic rings. The minimum atomic E-state index is -1.59. The molecular formula is C17H18N4O2. The fourth-order valence-corrected chi connectivity index (χ4v) is 4.73. The van der Waals surface area contributed by atoms with Crippen LogP contribution in [-0.4, -0.2) is 26.0 Å². The topological polar surface area (TPSA) is 104 Å². The highest BCUT2D eigenvalue weighted by molar-refractivity contribution is 6.02. The lowest BCUT2D eigenvalue weighted by Gasteiger charge is -2.33. The van der Waals surface area contributed by atoms with Crippen LogP contribution in [0.25, 0.3) is 0 Å². The molecule has 1 heterocycles. The van der Waals surface area contributed by atoms with Crippen LogP contribution in [0, 0.1) is 33.5 Å². The third-order valence-electron chi connectivity index (χ3n) is 5.59. The van der Waals surface area contributed by atoms with Gasteiger partial charge in [0.25, 0.3) is 5.91 Å². The maximum absolute atomic E-state index is 10.1. The first-order valence-corrected chi connectivity index (χ1v) is 7.38. The molecule has 2 aliphatic rings. The Kier molecular flexibility index (Phi) is 3.06. The van der Waals surface area contributed by atoms with E-state index >= 15 is 0 Å². The highest BCUT2D eigenvalue weighted by Crippen LogP contribution is 2.86. The Hall–Kier alpha value is -2.41. The number of aliphatic imine (C=N–C) groups is 1. The van der Waals surface area contributed by atoms with Crippen LogP contribution in [0.2, 0.25) is 0 Å². The van der Waals surface area contributed by atoms with Crippen LogP contribution < -0.4 is 5.73 Å². The Balaban J connectivity index is 2.40. The molecule has 0 unspecified atom stereocenters. The second kappa shape index (κ2) is 4.55. The number of hydrogen-bond donors (Lipinski definition) is 1. The number of fused-ring (bicyclic) bond motifs is 1. The van der Waals surface area contributed by atoms with Gasteiger partial charge in [0.15, 0.2) is 10.8 Å². The maximum Gasteiger partial charge on any atom is 0.293 e. The van der Waals surface area contributed by atoms with Crippen LogP contribution in [0.15, 0.2) is 35.3 Å². The van der Waals surface area contributed by atoms with Gasteiger partial charge in [-0.1, -0.05) is 37.3 Å². The van der Waals surface area contributed by atoms with Gasteiger partial charge in [-0.05, 0) is 12.0 Å². The molecule has 1 fully saturated rings. The van der Waals surface area contributed by atoms with Gasteiger partial charge in [-0.25, -0.2) is 4.99 Å². The van der Waals surface area contributed by atoms with E-state index in [4.69, 9.17) is 15.2 Å². The minimum absolute atomic E-state index is 0.0935. The van der Waals surface area contributed by atoms with E-state index in [0.29, 0.717) is 6.42 Å². The van der Waals surface area contributed by atoms with Crippen molar-refractivity contribution in [1.82, 2.24) is 0 Å². The van der Waals surface area contributed by atoms with Gasteiger partial charge in [-0.2, -0.15) is 10.5 Å². The molecule has 3 atom stereocenters. The zero-order chi connectivity index (χ0) is 16.9. The first kappa shape index (κ1) is 15.5. The summed E-state index contributed by atoms with van der Waals surface area (Å²) in [6, 6.07) is 14.0. The molecule has 0 spiro atoms. The van der Waals surface area contributed by atoms with Crippen LogP contribution in [0.5, 0.6) is 0 Å². The molecule has 23 heavy (non-hydrogen) atoms. The minimum Gasteiger partial charge on any atom is -0.386 e. The summed E-state index contributed by atoms with van der Waals surface area (Å²) in [5.41, 5.74) is 3.60. The smallest absolute Gasteiger partial charge is 0.293 e. The molecule has 1 aliphatic carbocycles. The van der Waals surface area contributed by atoms with Gasteiger partial charge < -0.3 is 15.2 Å². The molecule has 0 aromatic heterocycles. The van der Waals surface area contributed by atoms with E-state index in [1.54, 1.807) is 0 Å². The second-order valence-corrected chi connectivity index (χ2v) is 5.84. The molecule has 0 bridgehead atoms. The van der Waals surface area contributed by atoms with Crippen molar-refractivity contribution < 1.29 is 9.47 Å². The predicted molar refractivity (Wildman–Crippen MR) is 82.9 cm³/mol. The second-order valence-electron chi connectivity index (χ2n) is 5.84. The Morgan fingerprint density at radius 1 is 1.13 bits per heavy atom. The number of nitrogens with two attached hydrogens (primary N) is 1. The SMILES string of the molecule is CC[C@@]1(c2ccccc2)[C@]2(C#N)C(N)=NC(OC)(OC)[C@@]21C#N. The lowest BCUT2D eigenvalue weighted by atomic mass is 9.80. The summed E-state index contributed by atoms with van der Waals surface area (Å²) in [6.45, 7) is 1.94. The zero-order valence-electron chi connectivity index (χ0n) is 13.3. The molecule has 0 amide bonds. The van der Waals surface area contributed by atoms with E-state index in [2.05, 4.69) is 17.1 Å². The summed E-state index contributed by atoms with van der Waals surface area (Å²) < 4.78 is 11.0.